The molecule has 2 aromatic rings. The first-order valence-corrected chi connectivity index (χ1v) is 7.43. The molecule has 0 aliphatic heterocycles. The van der Waals surface area contributed by atoms with E-state index in [0.29, 0.717) is 17.2 Å². The van der Waals surface area contributed by atoms with E-state index >= 15 is 0 Å². The van der Waals surface area contributed by atoms with E-state index in [9.17, 15) is 8.78 Å². The van der Waals surface area contributed by atoms with Crippen molar-refractivity contribution in [2.45, 2.75) is 32.7 Å². The van der Waals surface area contributed by atoms with Gasteiger partial charge in [0.1, 0.15) is 0 Å². The molecule has 3 heteroatoms. The van der Waals surface area contributed by atoms with Crippen molar-refractivity contribution in [2.24, 2.45) is 0 Å². The molecule has 0 bridgehead atoms. The number of hydrogen-bond acceptors (Lipinski definition) is 1. The van der Waals surface area contributed by atoms with Gasteiger partial charge in [-0.2, -0.15) is 0 Å². The molecule has 3 rings (SSSR count). The molecule has 0 saturated carbocycles. The van der Waals surface area contributed by atoms with Crippen LogP contribution in [0.2, 0.25) is 0 Å². The van der Waals surface area contributed by atoms with Crippen LogP contribution in [0.5, 0.6) is 0 Å². The summed E-state index contributed by atoms with van der Waals surface area (Å²) in [5.74, 6) is -1.50. The molecule has 110 valence electrons. The standard InChI is InChI=1S/C18H19F2N/c1-3-21-16-9-6-12-10-13(5-8-14(12)16)15-7-4-11(2)17(19)18(15)20/h4-5,7-8,10,16,21H,3,6,9H2,1-2H3. The highest BCUT2D eigenvalue weighted by Crippen LogP contribution is 2.35. The molecular formula is C18H19F2N. The summed E-state index contributed by atoms with van der Waals surface area (Å²) in [5.41, 5.74) is 3.95. The number of hydrogen-bond donors (Lipinski definition) is 1. The van der Waals surface area contributed by atoms with Crippen LogP contribution in [0.25, 0.3) is 11.1 Å². The van der Waals surface area contributed by atoms with E-state index < -0.39 is 11.6 Å². The third-order valence-electron chi connectivity index (χ3n) is 4.26. The first-order chi connectivity index (χ1) is 10.1. The number of nitrogens with one attached hydrogen (secondary N) is 1. The van der Waals surface area contributed by atoms with Gasteiger partial charge in [0.15, 0.2) is 11.6 Å². The van der Waals surface area contributed by atoms with Crippen molar-refractivity contribution in [3.8, 4) is 11.1 Å². The van der Waals surface area contributed by atoms with E-state index in [1.165, 1.54) is 11.1 Å². The Kier molecular flexibility index (Phi) is 3.77. The van der Waals surface area contributed by atoms with Gasteiger partial charge in [-0.25, -0.2) is 8.78 Å². The molecule has 1 atom stereocenters. The first kappa shape index (κ1) is 14.2. The van der Waals surface area contributed by atoms with Gasteiger partial charge >= 0.3 is 0 Å². The minimum absolute atomic E-state index is 0.338. The smallest absolute Gasteiger partial charge is 0.166 e. The number of rotatable bonds is 3. The van der Waals surface area contributed by atoms with Gasteiger partial charge < -0.3 is 5.32 Å². The largest absolute Gasteiger partial charge is 0.310 e. The van der Waals surface area contributed by atoms with E-state index in [0.717, 1.165) is 24.9 Å². The highest BCUT2D eigenvalue weighted by Gasteiger charge is 2.22. The molecule has 0 heterocycles. The van der Waals surface area contributed by atoms with Gasteiger partial charge in [-0.15, -0.1) is 0 Å². The third kappa shape index (κ3) is 2.46. The molecule has 2 aromatic carbocycles. The number of halogens is 2. The van der Waals surface area contributed by atoms with Crippen LogP contribution in [0, 0.1) is 18.6 Å². The maximum Gasteiger partial charge on any atom is 0.166 e. The summed E-state index contributed by atoms with van der Waals surface area (Å²) in [7, 11) is 0. The zero-order chi connectivity index (χ0) is 15.0. The molecular weight excluding hydrogens is 268 g/mol. The maximum atomic E-state index is 14.1. The molecule has 21 heavy (non-hydrogen) atoms. The van der Waals surface area contributed by atoms with Crippen LogP contribution >= 0.6 is 0 Å². The molecule has 1 unspecified atom stereocenters. The highest BCUT2D eigenvalue weighted by atomic mass is 19.2. The van der Waals surface area contributed by atoms with Crippen molar-refractivity contribution in [3.63, 3.8) is 0 Å². The summed E-state index contributed by atoms with van der Waals surface area (Å²) >= 11 is 0. The van der Waals surface area contributed by atoms with Crippen LogP contribution in [0.3, 0.4) is 0 Å². The van der Waals surface area contributed by atoms with E-state index in [1.54, 1.807) is 19.1 Å². The van der Waals surface area contributed by atoms with Crippen LogP contribution < -0.4 is 5.32 Å². The fourth-order valence-corrected chi connectivity index (χ4v) is 3.11. The molecule has 0 spiro atoms. The fourth-order valence-electron chi connectivity index (χ4n) is 3.11. The summed E-state index contributed by atoms with van der Waals surface area (Å²) in [6, 6.07) is 9.61. The highest BCUT2D eigenvalue weighted by molar-refractivity contribution is 5.66. The lowest BCUT2D eigenvalue weighted by molar-refractivity contribution is 0.505. The van der Waals surface area contributed by atoms with E-state index in [1.807, 2.05) is 18.2 Å². The summed E-state index contributed by atoms with van der Waals surface area (Å²) in [6.45, 7) is 4.60. The zero-order valence-electron chi connectivity index (χ0n) is 12.3. The molecule has 1 aliphatic carbocycles. The topological polar surface area (TPSA) is 12.0 Å². The summed E-state index contributed by atoms with van der Waals surface area (Å²) < 4.78 is 27.8. The maximum absolute atomic E-state index is 14.1. The van der Waals surface area contributed by atoms with E-state index in [4.69, 9.17) is 0 Å². The van der Waals surface area contributed by atoms with Crippen molar-refractivity contribution in [1.29, 1.82) is 0 Å². The van der Waals surface area contributed by atoms with Crippen LogP contribution in [0.15, 0.2) is 30.3 Å². The van der Waals surface area contributed by atoms with Crippen molar-refractivity contribution < 1.29 is 8.78 Å². The van der Waals surface area contributed by atoms with Crippen molar-refractivity contribution in [2.75, 3.05) is 6.54 Å². The van der Waals surface area contributed by atoms with Gasteiger partial charge in [-0.05, 0) is 48.6 Å². The van der Waals surface area contributed by atoms with Crippen LogP contribution in [-0.4, -0.2) is 6.54 Å². The average molecular weight is 287 g/mol. The summed E-state index contributed by atoms with van der Waals surface area (Å²) in [4.78, 5) is 0. The lowest BCUT2D eigenvalue weighted by Gasteiger charge is -2.13. The Morgan fingerprint density at radius 1 is 1.14 bits per heavy atom. The Bertz CT molecular complexity index is 679. The van der Waals surface area contributed by atoms with Crippen LogP contribution in [0.1, 0.15) is 36.1 Å². The Morgan fingerprint density at radius 3 is 2.71 bits per heavy atom. The molecule has 0 radical (unpaired) electrons. The lowest BCUT2D eigenvalue weighted by Crippen LogP contribution is -2.18. The van der Waals surface area contributed by atoms with Crippen molar-refractivity contribution >= 4 is 0 Å². The second-order valence-electron chi connectivity index (χ2n) is 5.62. The van der Waals surface area contributed by atoms with Crippen molar-refractivity contribution in [3.05, 3.63) is 58.7 Å². The monoisotopic (exact) mass is 287 g/mol. The molecule has 1 aliphatic rings. The van der Waals surface area contributed by atoms with Gasteiger partial charge in [-0.3, -0.25) is 0 Å². The third-order valence-corrected chi connectivity index (χ3v) is 4.26. The van der Waals surface area contributed by atoms with Gasteiger partial charge in [-0.1, -0.05) is 37.3 Å². The van der Waals surface area contributed by atoms with E-state index in [2.05, 4.69) is 12.2 Å². The predicted molar refractivity (Wildman–Crippen MR) is 81.3 cm³/mol. The van der Waals surface area contributed by atoms with Gasteiger partial charge in [0.05, 0.1) is 0 Å². The number of aryl methyl sites for hydroxylation is 2. The van der Waals surface area contributed by atoms with Gasteiger partial charge in [0, 0.05) is 11.6 Å². The minimum atomic E-state index is -0.754. The second kappa shape index (κ2) is 5.57. The van der Waals surface area contributed by atoms with Crippen molar-refractivity contribution in [1.82, 2.24) is 5.32 Å². The minimum Gasteiger partial charge on any atom is -0.310 e. The average Bonchev–Trinajstić information content (AvgIpc) is 2.88. The van der Waals surface area contributed by atoms with Crippen LogP contribution in [0.4, 0.5) is 8.78 Å². The number of benzene rings is 2. The molecule has 0 amide bonds. The summed E-state index contributed by atoms with van der Waals surface area (Å²) in [6.07, 6.45) is 2.05. The fraction of sp³-hybridized carbons (Fsp3) is 0.333. The normalized spacial score (nSPS) is 17.0. The Hall–Kier alpha value is -1.74. The first-order valence-electron chi connectivity index (χ1n) is 7.43. The molecule has 0 saturated heterocycles. The molecule has 0 aromatic heterocycles. The Morgan fingerprint density at radius 2 is 1.95 bits per heavy atom. The van der Waals surface area contributed by atoms with E-state index in [-0.39, 0.29) is 0 Å². The van der Waals surface area contributed by atoms with Crippen LogP contribution in [-0.2, 0) is 6.42 Å². The predicted octanol–water partition coefficient (Wildman–Crippen LogP) is 4.54. The van der Waals surface area contributed by atoms with Gasteiger partial charge in [0.25, 0.3) is 0 Å². The number of fused-ring (bicyclic) bond motifs is 1. The quantitative estimate of drug-likeness (QED) is 0.874. The Labute approximate surface area is 124 Å². The second-order valence-corrected chi connectivity index (χ2v) is 5.62. The SMILES string of the molecule is CCNC1CCc2cc(-c3ccc(C)c(F)c3F)ccc21. The molecule has 0 fully saturated rings. The van der Waals surface area contributed by atoms with Gasteiger partial charge in [0.2, 0.25) is 0 Å². The Balaban J connectivity index is 2.01. The molecule has 1 nitrogen and oxygen atoms in total. The lowest BCUT2D eigenvalue weighted by atomic mass is 9.98. The zero-order valence-corrected chi connectivity index (χ0v) is 12.3. The summed E-state index contributed by atoms with van der Waals surface area (Å²) in [5, 5.41) is 3.45. The molecule has 1 N–H and O–H groups in total.